The number of halogens is 1. The first-order valence-electron chi connectivity index (χ1n) is 8.06. The lowest BCUT2D eigenvalue weighted by Gasteiger charge is -2.17. The summed E-state index contributed by atoms with van der Waals surface area (Å²) in [6.07, 6.45) is 0. The third-order valence-corrected chi connectivity index (χ3v) is 3.98. The van der Waals surface area contributed by atoms with Crippen LogP contribution in [0.1, 0.15) is 15.9 Å². The number of benzene rings is 2. The van der Waals surface area contributed by atoms with Crippen molar-refractivity contribution >= 4 is 35.1 Å². The zero-order chi connectivity index (χ0) is 19.8. The number of carbonyl (C=O) groups excluding carboxylic acids is 3. The Morgan fingerprint density at radius 3 is 2.41 bits per heavy atom. The Labute approximate surface area is 161 Å². The maximum Gasteiger partial charge on any atom is 0.338 e. The minimum absolute atomic E-state index is 0.130. The molecule has 7 nitrogen and oxygen atoms in total. The fraction of sp³-hybridized carbons (Fsp3) is 0.211. The Morgan fingerprint density at radius 2 is 1.78 bits per heavy atom. The van der Waals surface area contributed by atoms with Crippen LogP contribution in [-0.4, -0.2) is 48.0 Å². The molecule has 2 N–H and O–H groups in total. The van der Waals surface area contributed by atoms with Gasteiger partial charge in [-0.1, -0.05) is 35.9 Å². The lowest BCUT2D eigenvalue weighted by Crippen LogP contribution is -2.37. The molecule has 0 radical (unpaired) electrons. The minimum Gasteiger partial charge on any atom is -0.452 e. The van der Waals surface area contributed by atoms with Crippen molar-refractivity contribution in [1.29, 1.82) is 0 Å². The highest BCUT2D eigenvalue weighted by Crippen LogP contribution is 2.20. The van der Waals surface area contributed by atoms with Gasteiger partial charge >= 0.3 is 5.97 Å². The van der Waals surface area contributed by atoms with Gasteiger partial charge in [0.25, 0.3) is 5.91 Å². The SMILES string of the molecule is CN(CC(=O)Nc1ccccc1Cl)C(=O)COC(=O)c1ccc(CO)cc1. The molecule has 0 aliphatic heterocycles. The molecule has 0 heterocycles. The van der Waals surface area contributed by atoms with E-state index in [-0.39, 0.29) is 18.7 Å². The monoisotopic (exact) mass is 390 g/mol. The van der Waals surface area contributed by atoms with Crippen molar-refractivity contribution in [3.05, 3.63) is 64.7 Å². The van der Waals surface area contributed by atoms with Crippen molar-refractivity contribution in [2.45, 2.75) is 6.61 Å². The van der Waals surface area contributed by atoms with Crippen molar-refractivity contribution in [3.63, 3.8) is 0 Å². The summed E-state index contributed by atoms with van der Waals surface area (Å²) in [6, 6.07) is 12.9. The lowest BCUT2D eigenvalue weighted by atomic mass is 10.1. The fourth-order valence-corrected chi connectivity index (χ4v) is 2.31. The average molecular weight is 391 g/mol. The third-order valence-electron chi connectivity index (χ3n) is 3.65. The molecule has 0 saturated carbocycles. The Balaban J connectivity index is 1.81. The summed E-state index contributed by atoms with van der Waals surface area (Å²) in [5, 5.41) is 12.0. The van der Waals surface area contributed by atoms with E-state index >= 15 is 0 Å². The summed E-state index contributed by atoms with van der Waals surface area (Å²) >= 11 is 5.96. The van der Waals surface area contributed by atoms with Gasteiger partial charge in [-0.2, -0.15) is 0 Å². The number of aliphatic hydroxyl groups is 1. The molecule has 2 aromatic rings. The number of hydrogen-bond donors (Lipinski definition) is 2. The Kier molecular flexibility index (Phi) is 7.34. The van der Waals surface area contributed by atoms with Crippen LogP contribution in [-0.2, 0) is 20.9 Å². The molecule has 0 atom stereocenters. The Morgan fingerprint density at radius 1 is 1.11 bits per heavy atom. The zero-order valence-electron chi connectivity index (χ0n) is 14.6. The topological polar surface area (TPSA) is 95.9 Å². The Bertz CT molecular complexity index is 823. The van der Waals surface area contributed by atoms with Crippen molar-refractivity contribution in [2.24, 2.45) is 0 Å². The van der Waals surface area contributed by atoms with Crippen LogP contribution in [0.2, 0.25) is 5.02 Å². The summed E-state index contributed by atoms with van der Waals surface area (Å²) in [5.74, 6) is -1.61. The molecule has 0 aromatic heterocycles. The van der Waals surface area contributed by atoms with E-state index in [4.69, 9.17) is 21.4 Å². The molecule has 0 spiro atoms. The molecule has 27 heavy (non-hydrogen) atoms. The van der Waals surface area contributed by atoms with Crippen LogP contribution < -0.4 is 5.32 Å². The van der Waals surface area contributed by atoms with Gasteiger partial charge in [0.1, 0.15) is 0 Å². The molecule has 0 aliphatic carbocycles. The highest BCUT2D eigenvalue weighted by molar-refractivity contribution is 6.33. The van der Waals surface area contributed by atoms with Crippen molar-refractivity contribution < 1.29 is 24.2 Å². The van der Waals surface area contributed by atoms with E-state index in [0.29, 0.717) is 16.3 Å². The molecule has 8 heteroatoms. The molecule has 2 aromatic carbocycles. The molecule has 0 aliphatic rings. The summed E-state index contributed by atoms with van der Waals surface area (Å²) in [6.45, 7) is -0.835. The van der Waals surface area contributed by atoms with Crippen LogP contribution in [0.15, 0.2) is 48.5 Å². The number of para-hydroxylation sites is 1. The first kappa shape index (κ1) is 20.4. The number of nitrogens with one attached hydrogen (secondary N) is 1. The van der Waals surface area contributed by atoms with Gasteiger partial charge in [-0.25, -0.2) is 4.79 Å². The van der Waals surface area contributed by atoms with Gasteiger partial charge in [-0.15, -0.1) is 0 Å². The van der Waals surface area contributed by atoms with Crippen molar-refractivity contribution in [1.82, 2.24) is 4.90 Å². The first-order valence-corrected chi connectivity index (χ1v) is 8.43. The molecule has 0 fully saturated rings. The van der Waals surface area contributed by atoms with Crippen molar-refractivity contribution in [3.8, 4) is 0 Å². The normalized spacial score (nSPS) is 10.2. The second-order valence-electron chi connectivity index (χ2n) is 5.71. The molecule has 0 saturated heterocycles. The second kappa shape index (κ2) is 9.70. The summed E-state index contributed by atoms with van der Waals surface area (Å²) in [4.78, 5) is 37.1. The fourth-order valence-electron chi connectivity index (χ4n) is 2.12. The highest BCUT2D eigenvalue weighted by atomic mass is 35.5. The molecular weight excluding hydrogens is 372 g/mol. The van der Waals surface area contributed by atoms with Crippen LogP contribution >= 0.6 is 11.6 Å². The molecule has 0 unspecified atom stereocenters. The number of nitrogens with zero attached hydrogens (tertiary/aromatic N) is 1. The second-order valence-corrected chi connectivity index (χ2v) is 6.12. The predicted molar refractivity (Wildman–Crippen MR) is 100 cm³/mol. The quantitative estimate of drug-likeness (QED) is 0.706. The molecule has 2 rings (SSSR count). The first-order chi connectivity index (χ1) is 12.9. The van der Waals surface area contributed by atoms with Gasteiger partial charge in [-0.05, 0) is 29.8 Å². The van der Waals surface area contributed by atoms with Crippen LogP contribution in [0.25, 0.3) is 0 Å². The molecular formula is C19H19ClN2O5. The van der Waals surface area contributed by atoms with Crippen LogP contribution in [0.5, 0.6) is 0 Å². The van der Waals surface area contributed by atoms with Gasteiger partial charge in [0.2, 0.25) is 5.91 Å². The smallest absolute Gasteiger partial charge is 0.338 e. The average Bonchev–Trinajstić information content (AvgIpc) is 2.67. The largest absolute Gasteiger partial charge is 0.452 e. The number of rotatable bonds is 7. The number of esters is 1. The van der Waals surface area contributed by atoms with E-state index < -0.39 is 24.4 Å². The lowest BCUT2D eigenvalue weighted by molar-refractivity contribution is -0.136. The van der Waals surface area contributed by atoms with Gasteiger partial charge in [0.15, 0.2) is 6.61 Å². The maximum atomic E-state index is 12.0. The van der Waals surface area contributed by atoms with E-state index in [0.717, 1.165) is 4.90 Å². The standard InChI is InChI=1S/C19H19ClN2O5/c1-22(10-17(24)21-16-5-3-2-4-15(16)20)18(25)12-27-19(26)14-8-6-13(11-23)7-9-14/h2-9,23H,10-12H2,1H3,(H,21,24). The third kappa shape index (κ3) is 6.09. The van der Waals surface area contributed by atoms with E-state index in [9.17, 15) is 14.4 Å². The number of carbonyl (C=O) groups is 3. The van der Waals surface area contributed by atoms with Gasteiger partial charge in [-0.3, -0.25) is 9.59 Å². The molecule has 0 bridgehead atoms. The van der Waals surface area contributed by atoms with Crippen LogP contribution in [0.3, 0.4) is 0 Å². The Hall–Kier alpha value is -2.90. The van der Waals surface area contributed by atoms with Crippen molar-refractivity contribution in [2.75, 3.05) is 25.5 Å². The number of hydrogen-bond acceptors (Lipinski definition) is 5. The predicted octanol–water partition coefficient (Wildman–Crippen LogP) is 2.09. The summed E-state index contributed by atoms with van der Waals surface area (Å²) in [5.41, 5.74) is 1.37. The maximum absolute atomic E-state index is 12.0. The van der Waals surface area contributed by atoms with E-state index in [1.165, 1.54) is 19.2 Å². The number of aliphatic hydroxyl groups excluding tert-OH is 1. The number of ether oxygens (including phenoxy) is 1. The minimum atomic E-state index is -0.665. The molecule has 142 valence electrons. The van der Waals surface area contributed by atoms with Crippen LogP contribution in [0.4, 0.5) is 5.69 Å². The highest BCUT2D eigenvalue weighted by Gasteiger charge is 2.16. The number of likely N-dealkylation sites (N-methyl/N-ethyl adjacent to an activating group) is 1. The summed E-state index contributed by atoms with van der Waals surface area (Å²) in [7, 11) is 1.43. The zero-order valence-corrected chi connectivity index (χ0v) is 15.4. The van der Waals surface area contributed by atoms with E-state index in [1.807, 2.05) is 0 Å². The van der Waals surface area contributed by atoms with Gasteiger partial charge in [0, 0.05) is 7.05 Å². The number of anilines is 1. The van der Waals surface area contributed by atoms with E-state index in [2.05, 4.69) is 5.32 Å². The molecule has 2 amide bonds. The number of amides is 2. The van der Waals surface area contributed by atoms with Crippen LogP contribution in [0, 0.1) is 0 Å². The van der Waals surface area contributed by atoms with Gasteiger partial charge in [0.05, 0.1) is 29.4 Å². The van der Waals surface area contributed by atoms with E-state index in [1.54, 1.807) is 36.4 Å². The van der Waals surface area contributed by atoms with Gasteiger partial charge < -0.3 is 20.1 Å². The summed E-state index contributed by atoms with van der Waals surface area (Å²) < 4.78 is 4.96.